The molecule has 0 saturated heterocycles. The van der Waals surface area contributed by atoms with Crippen molar-refractivity contribution in [2.24, 2.45) is 0 Å². The minimum atomic E-state index is 0.0517. The summed E-state index contributed by atoms with van der Waals surface area (Å²) < 4.78 is 0. The fraction of sp³-hybridized carbons (Fsp3) is 0.294. The molecule has 2 heterocycles. The molecule has 2 aliphatic heterocycles. The lowest BCUT2D eigenvalue weighted by Crippen LogP contribution is -2.42. The molecule has 0 amide bonds. The summed E-state index contributed by atoms with van der Waals surface area (Å²) in [6, 6.07) is 18.4. The van der Waals surface area contributed by atoms with Crippen molar-refractivity contribution in [3.63, 3.8) is 0 Å². The van der Waals surface area contributed by atoms with Crippen LogP contribution in [0.3, 0.4) is 0 Å². The van der Waals surface area contributed by atoms with E-state index in [4.69, 9.17) is 0 Å². The van der Waals surface area contributed by atoms with E-state index < -0.39 is 0 Å². The number of rotatable bonds is 0. The van der Waals surface area contributed by atoms with Crippen LogP contribution in [0.1, 0.15) is 35.2 Å². The summed E-state index contributed by atoms with van der Waals surface area (Å²) in [5.41, 5.74) is 6.05. The van der Waals surface area contributed by atoms with Gasteiger partial charge in [-0.05, 0) is 42.6 Å². The largest absolute Gasteiger partial charge is 0.286 e. The van der Waals surface area contributed by atoms with Crippen molar-refractivity contribution >= 4 is 0 Å². The highest BCUT2D eigenvalue weighted by atomic mass is 15.2. The van der Waals surface area contributed by atoms with Gasteiger partial charge in [0.05, 0.1) is 5.54 Å². The van der Waals surface area contributed by atoms with Crippen molar-refractivity contribution in [3.05, 3.63) is 70.8 Å². The molecule has 1 nitrogen and oxygen atoms in total. The van der Waals surface area contributed by atoms with E-state index in [1.807, 2.05) is 0 Å². The number of hydrogen-bond donors (Lipinski definition) is 0. The molecule has 0 radical (unpaired) electrons. The third kappa shape index (κ3) is 1.02. The van der Waals surface area contributed by atoms with Crippen molar-refractivity contribution in [2.45, 2.75) is 24.9 Å². The zero-order chi connectivity index (χ0) is 12.3. The molecule has 0 aliphatic carbocycles. The maximum absolute atomic E-state index is 2.54. The predicted octanol–water partition coefficient (Wildman–Crippen LogP) is 3.49. The monoisotopic (exact) mass is 235 g/mol. The van der Waals surface area contributed by atoms with Gasteiger partial charge in [-0.15, -0.1) is 0 Å². The molecular formula is C17H17N. The number of likely N-dealkylation sites (N-methyl/N-ethyl adjacent to an activating group) is 1. The van der Waals surface area contributed by atoms with Crippen LogP contribution in [0.5, 0.6) is 0 Å². The molecule has 90 valence electrons. The molecular weight excluding hydrogens is 218 g/mol. The molecule has 0 unspecified atom stereocenters. The van der Waals surface area contributed by atoms with Crippen molar-refractivity contribution in [2.75, 3.05) is 7.05 Å². The molecule has 0 spiro atoms. The normalized spacial score (nSPS) is 28.9. The SMILES string of the molecule is CN1[C@H]2Cc3ccccc3[C@]1(C)c1ccccc12. The van der Waals surface area contributed by atoms with Crippen LogP contribution >= 0.6 is 0 Å². The highest BCUT2D eigenvalue weighted by molar-refractivity contribution is 5.54. The van der Waals surface area contributed by atoms with E-state index in [2.05, 4.69) is 67.4 Å². The van der Waals surface area contributed by atoms with Crippen LogP contribution in [0.15, 0.2) is 48.5 Å². The van der Waals surface area contributed by atoms with Crippen LogP contribution in [0, 0.1) is 0 Å². The third-order valence-electron chi connectivity index (χ3n) is 4.97. The first kappa shape index (κ1) is 10.3. The molecule has 0 aromatic heterocycles. The van der Waals surface area contributed by atoms with Gasteiger partial charge in [-0.3, -0.25) is 4.90 Å². The molecule has 0 N–H and O–H groups in total. The molecule has 2 atom stereocenters. The molecule has 2 aromatic carbocycles. The molecule has 2 aliphatic rings. The quantitative estimate of drug-likeness (QED) is 0.675. The minimum Gasteiger partial charge on any atom is -0.286 e. The number of hydrogen-bond acceptors (Lipinski definition) is 1. The van der Waals surface area contributed by atoms with E-state index >= 15 is 0 Å². The smallest absolute Gasteiger partial charge is 0.0695 e. The Labute approximate surface area is 108 Å². The number of benzene rings is 2. The Morgan fingerprint density at radius 2 is 1.67 bits per heavy atom. The molecule has 18 heavy (non-hydrogen) atoms. The molecule has 2 aromatic rings. The van der Waals surface area contributed by atoms with Gasteiger partial charge in [-0.2, -0.15) is 0 Å². The van der Waals surface area contributed by atoms with Gasteiger partial charge in [0.25, 0.3) is 0 Å². The zero-order valence-corrected chi connectivity index (χ0v) is 10.9. The molecule has 0 fully saturated rings. The van der Waals surface area contributed by atoms with Crippen LogP contribution in [0.2, 0.25) is 0 Å². The van der Waals surface area contributed by atoms with Gasteiger partial charge in [-0.25, -0.2) is 0 Å². The van der Waals surface area contributed by atoms with E-state index in [1.54, 1.807) is 0 Å². The van der Waals surface area contributed by atoms with Gasteiger partial charge in [0, 0.05) is 6.04 Å². The average molecular weight is 235 g/mol. The lowest BCUT2D eigenvalue weighted by atomic mass is 9.81. The van der Waals surface area contributed by atoms with Crippen LogP contribution < -0.4 is 0 Å². The van der Waals surface area contributed by atoms with E-state index in [1.165, 1.54) is 22.3 Å². The Kier molecular flexibility index (Phi) is 1.86. The van der Waals surface area contributed by atoms with Gasteiger partial charge in [-0.1, -0.05) is 48.5 Å². The lowest BCUT2D eigenvalue weighted by molar-refractivity contribution is 0.133. The first-order chi connectivity index (χ1) is 8.73. The molecule has 2 bridgehead atoms. The van der Waals surface area contributed by atoms with Gasteiger partial charge >= 0.3 is 0 Å². The second-order valence-electron chi connectivity index (χ2n) is 5.65. The summed E-state index contributed by atoms with van der Waals surface area (Å²) in [5, 5.41) is 0. The Balaban J connectivity index is 2.08. The standard InChI is InChI=1S/C17H17N/c1-17-14-9-5-3-7-12(14)11-16(18(17)2)13-8-4-6-10-15(13)17/h3-10,16H,11H2,1-2H3/t16-,17+/m0/s1. The van der Waals surface area contributed by atoms with Crippen molar-refractivity contribution in [3.8, 4) is 0 Å². The Morgan fingerprint density at radius 1 is 1.00 bits per heavy atom. The van der Waals surface area contributed by atoms with E-state index in [0.717, 1.165) is 6.42 Å². The van der Waals surface area contributed by atoms with Crippen LogP contribution in [-0.2, 0) is 12.0 Å². The third-order valence-corrected chi connectivity index (χ3v) is 4.97. The fourth-order valence-corrected chi connectivity index (χ4v) is 3.90. The van der Waals surface area contributed by atoms with E-state index in [-0.39, 0.29) is 5.54 Å². The lowest BCUT2D eigenvalue weighted by Gasteiger charge is -2.42. The van der Waals surface area contributed by atoms with E-state index in [0.29, 0.717) is 6.04 Å². The Hall–Kier alpha value is -1.60. The highest BCUT2D eigenvalue weighted by Gasteiger charge is 2.49. The summed E-state index contributed by atoms with van der Waals surface area (Å²) in [6.07, 6.45) is 1.14. The second-order valence-corrected chi connectivity index (χ2v) is 5.65. The maximum atomic E-state index is 2.54. The molecule has 1 heteroatoms. The average Bonchev–Trinajstić information content (AvgIpc) is 2.56. The van der Waals surface area contributed by atoms with Crippen molar-refractivity contribution < 1.29 is 0 Å². The fourth-order valence-electron chi connectivity index (χ4n) is 3.90. The summed E-state index contributed by atoms with van der Waals surface area (Å²) in [5.74, 6) is 0. The van der Waals surface area contributed by atoms with Crippen molar-refractivity contribution in [1.29, 1.82) is 0 Å². The summed E-state index contributed by atoms with van der Waals surface area (Å²) in [6.45, 7) is 2.36. The summed E-state index contributed by atoms with van der Waals surface area (Å²) in [7, 11) is 2.26. The number of nitrogens with zero attached hydrogens (tertiary/aromatic N) is 1. The Morgan fingerprint density at radius 3 is 2.50 bits per heavy atom. The summed E-state index contributed by atoms with van der Waals surface area (Å²) >= 11 is 0. The minimum absolute atomic E-state index is 0.0517. The van der Waals surface area contributed by atoms with E-state index in [9.17, 15) is 0 Å². The first-order valence-electron chi connectivity index (χ1n) is 6.63. The first-order valence-corrected chi connectivity index (χ1v) is 6.63. The maximum Gasteiger partial charge on any atom is 0.0695 e. The van der Waals surface area contributed by atoms with Crippen LogP contribution in [0.4, 0.5) is 0 Å². The van der Waals surface area contributed by atoms with Crippen molar-refractivity contribution in [1.82, 2.24) is 4.90 Å². The van der Waals surface area contributed by atoms with Gasteiger partial charge in [0.2, 0.25) is 0 Å². The second kappa shape index (κ2) is 3.24. The van der Waals surface area contributed by atoms with Gasteiger partial charge in [0.1, 0.15) is 0 Å². The van der Waals surface area contributed by atoms with Crippen LogP contribution in [-0.4, -0.2) is 11.9 Å². The zero-order valence-electron chi connectivity index (χ0n) is 10.9. The predicted molar refractivity (Wildman–Crippen MR) is 73.5 cm³/mol. The topological polar surface area (TPSA) is 3.24 Å². The van der Waals surface area contributed by atoms with Crippen LogP contribution in [0.25, 0.3) is 0 Å². The number of fused-ring (bicyclic) bond motifs is 7. The van der Waals surface area contributed by atoms with Gasteiger partial charge < -0.3 is 0 Å². The Bertz CT molecular complexity index is 618. The molecule has 4 rings (SSSR count). The summed E-state index contributed by atoms with van der Waals surface area (Å²) in [4.78, 5) is 2.54. The van der Waals surface area contributed by atoms with Gasteiger partial charge in [0.15, 0.2) is 0 Å². The highest BCUT2D eigenvalue weighted by Crippen LogP contribution is 2.54. The molecule has 0 saturated carbocycles.